The molecule has 178 valence electrons. The lowest BCUT2D eigenvalue weighted by Crippen LogP contribution is -2.42. The highest BCUT2D eigenvalue weighted by atomic mass is 35.5. The number of halogens is 3. The van der Waals surface area contributed by atoms with E-state index in [9.17, 15) is 23.2 Å². The van der Waals surface area contributed by atoms with Crippen molar-refractivity contribution in [2.24, 2.45) is 0 Å². The van der Waals surface area contributed by atoms with Crippen LogP contribution in [0, 0.1) is 12.7 Å². The molecule has 1 aliphatic rings. The largest absolute Gasteiger partial charge is 0.336 e. The summed E-state index contributed by atoms with van der Waals surface area (Å²) in [5.41, 5.74) is 2.11. The van der Waals surface area contributed by atoms with Gasteiger partial charge in [0, 0.05) is 35.7 Å². The first-order valence-electron chi connectivity index (χ1n) is 11.0. The first-order valence-corrected chi connectivity index (χ1v) is 11.4. The van der Waals surface area contributed by atoms with E-state index >= 15 is 0 Å². The second-order valence-corrected chi connectivity index (χ2v) is 9.05. The molecule has 3 heterocycles. The first kappa shape index (κ1) is 24.0. The minimum Gasteiger partial charge on any atom is -0.336 e. The number of hydrogen-bond acceptors (Lipinski definition) is 4. The van der Waals surface area contributed by atoms with Crippen LogP contribution in [0.1, 0.15) is 41.4 Å². The van der Waals surface area contributed by atoms with Crippen LogP contribution in [0.2, 0.25) is 5.02 Å². The molecular formula is C25H24ClF2N3O3. The monoisotopic (exact) mass is 487 g/mol. The zero-order chi connectivity index (χ0) is 24.6. The summed E-state index contributed by atoms with van der Waals surface area (Å²) in [7, 11) is 0. The fraction of sp³-hybridized carbons (Fsp3) is 0.360. The molecule has 1 aromatic carbocycles. The molecule has 0 unspecified atom stereocenters. The van der Waals surface area contributed by atoms with Gasteiger partial charge in [0.2, 0.25) is 5.91 Å². The Bertz CT molecular complexity index is 1290. The second kappa shape index (κ2) is 9.62. The lowest BCUT2D eigenvalue weighted by Gasteiger charge is -2.24. The van der Waals surface area contributed by atoms with Gasteiger partial charge >= 0.3 is 0 Å². The fourth-order valence-electron chi connectivity index (χ4n) is 4.47. The third-order valence-electron chi connectivity index (χ3n) is 6.20. The van der Waals surface area contributed by atoms with Gasteiger partial charge in [-0.2, -0.15) is 0 Å². The van der Waals surface area contributed by atoms with E-state index in [1.807, 2.05) is 6.92 Å². The smallest absolute Gasteiger partial charge is 0.243 e. The molecule has 1 aliphatic heterocycles. The third kappa shape index (κ3) is 4.73. The van der Waals surface area contributed by atoms with Gasteiger partial charge in [-0.05, 0) is 38.0 Å². The van der Waals surface area contributed by atoms with Crippen molar-refractivity contribution in [1.29, 1.82) is 0 Å². The zero-order valence-corrected chi connectivity index (χ0v) is 19.6. The molecule has 2 aromatic heterocycles. The Kier molecular flexibility index (Phi) is 6.79. The summed E-state index contributed by atoms with van der Waals surface area (Å²) in [6.07, 6.45) is 1.84. The van der Waals surface area contributed by atoms with Crippen molar-refractivity contribution in [1.82, 2.24) is 14.5 Å². The summed E-state index contributed by atoms with van der Waals surface area (Å²) in [4.78, 5) is 43.6. The number of benzene rings is 1. The molecule has 6 nitrogen and oxygen atoms in total. The Labute approximate surface area is 200 Å². The number of aryl methyl sites for hydroxylation is 2. The lowest BCUT2D eigenvalue weighted by molar-refractivity contribution is -0.138. The number of alkyl halides is 1. The number of carbonyl (C=O) groups excluding carboxylic acids is 3. The number of carbonyl (C=O) groups is 3. The number of rotatable bonds is 7. The number of aromatic nitrogens is 2. The molecule has 3 aromatic rings. The highest BCUT2D eigenvalue weighted by Gasteiger charge is 2.39. The lowest BCUT2D eigenvalue weighted by atomic mass is 10.0. The topological polar surface area (TPSA) is 72.3 Å². The predicted molar refractivity (Wildman–Crippen MR) is 124 cm³/mol. The third-order valence-corrected chi connectivity index (χ3v) is 6.50. The number of pyridine rings is 1. The van der Waals surface area contributed by atoms with Crippen molar-refractivity contribution in [3.05, 3.63) is 64.3 Å². The highest BCUT2D eigenvalue weighted by molar-refractivity contribution is 6.30. The molecule has 1 amide bonds. The Morgan fingerprint density at radius 3 is 2.76 bits per heavy atom. The van der Waals surface area contributed by atoms with Gasteiger partial charge in [0.05, 0.1) is 29.3 Å². The molecule has 0 N–H and O–H groups in total. The molecule has 0 bridgehead atoms. The van der Waals surface area contributed by atoms with E-state index in [0.717, 1.165) is 5.69 Å². The summed E-state index contributed by atoms with van der Waals surface area (Å²) in [5, 5.41) is 0.661. The summed E-state index contributed by atoms with van der Waals surface area (Å²) < 4.78 is 30.0. The summed E-state index contributed by atoms with van der Waals surface area (Å²) >= 11 is 5.80. The van der Waals surface area contributed by atoms with Crippen molar-refractivity contribution in [2.75, 3.05) is 6.54 Å². The molecule has 1 saturated heterocycles. The van der Waals surface area contributed by atoms with E-state index in [4.69, 9.17) is 11.6 Å². The maximum atomic E-state index is 14.3. The van der Waals surface area contributed by atoms with Gasteiger partial charge in [-0.25, -0.2) is 8.78 Å². The van der Waals surface area contributed by atoms with Gasteiger partial charge in [-0.3, -0.25) is 19.4 Å². The predicted octanol–water partition coefficient (Wildman–Crippen LogP) is 4.48. The standard InChI is InChI=1S/C25H24ClF2N3O3/c1-14-8-18-19(15(2)32)12-30(22(18)10-29-14)13-24(34)31-11-17(27)9-21(31)23(33)7-6-16-4-3-5-20(26)25(16)28/h3-5,8,10,12,17,21H,6-7,9,11,13H2,1-2H3/t17-,21+/m1/s1. The number of ketones is 2. The molecule has 0 radical (unpaired) electrons. The number of fused-ring (bicyclic) bond motifs is 1. The van der Waals surface area contributed by atoms with Crippen molar-refractivity contribution in [2.45, 2.75) is 51.9 Å². The van der Waals surface area contributed by atoms with Crippen LogP contribution in [0.25, 0.3) is 10.9 Å². The van der Waals surface area contributed by atoms with Gasteiger partial charge in [0.15, 0.2) is 11.6 Å². The molecule has 2 atom stereocenters. The SMILES string of the molecule is CC(=O)c1cn(CC(=O)N2C[C@H](F)C[C@H]2C(=O)CCc2cccc(Cl)c2F)c2cnc(C)cc12. The van der Waals surface area contributed by atoms with Crippen molar-refractivity contribution in [3.8, 4) is 0 Å². The van der Waals surface area contributed by atoms with Crippen LogP contribution in [0.15, 0.2) is 36.7 Å². The van der Waals surface area contributed by atoms with Crippen molar-refractivity contribution in [3.63, 3.8) is 0 Å². The maximum absolute atomic E-state index is 14.3. The molecule has 0 saturated carbocycles. The maximum Gasteiger partial charge on any atom is 0.243 e. The van der Waals surface area contributed by atoms with Gasteiger partial charge in [0.1, 0.15) is 18.5 Å². The van der Waals surface area contributed by atoms with Gasteiger partial charge < -0.3 is 9.47 Å². The number of nitrogens with zero attached hydrogens (tertiary/aromatic N) is 3. The van der Waals surface area contributed by atoms with Crippen LogP contribution in [-0.2, 0) is 22.6 Å². The second-order valence-electron chi connectivity index (χ2n) is 8.64. The Morgan fingerprint density at radius 1 is 1.26 bits per heavy atom. The zero-order valence-electron chi connectivity index (χ0n) is 18.9. The van der Waals surface area contributed by atoms with Crippen molar-refractivity contribution >= 4 is 40.0 Å². The molecule has 4 rings (SSSR count). The molecular weight excluding hydrogens is 464 g/mol. The number of Topliss-reactive ketones (excluding diaryl/α,β-unsaturated/α-hetero) is 2. The Hall–Kier alpha value is -3.13. The molecule has 1 fully saturated rings. The van der Waals surface area contributed by atoms with E-state index < -0.39 is 23.9 Å². The van der Waals surface area contributed by atoms with Gasteiger partial charge in [-0.1, -0.05) is 23.7 Å². The van der Waals surface area contributed by atoms with Crippen LogP contribution in [0.4, 0.5) is 8.78 Å². The molecule has 9 heteroatoms. The Morgan fingerprint density at radius 2 is 2.03 bits per heavy atom. The molecule has 0 aliphatic carbocycles. The average Bonchev–Trinajstić information content (AvgIpc) is 3.35. The van der Waals surface area contributed by atoms with E-state index in [1.54, 1.807) is 35.2 Å². The van der Waals surface area contributed by atoms with Crippen LogP contribution in [0.3, 0.4) is 0 Å². The van der Waals surface area contributed by atoms with Gasteiger partial charge in [0.25, 0.3) is 0 Å². The van der Waals surface area contributed by atoms with Crippen molar-refractivity contribution < 1.29 is 23.2 Å². The van der Waals surface area contributed by atoms with E-state index in [0.29, 0.717) is 22.0 Å². The first-order chi connectivity index (χ1) is 16.2. The quantitative estimate of drug-likeness (QED) is 0.461. The average molecular weight is 488 g/mol. The minimum atomic E-state index is -1.32. The minimum absolute atomic E-state index is 0.0278. The van der Waals surface area contributed by atoms with Crippen LogP contribution in [-0.4, -0.2) is 50.7 Å². The van der Waals surface area contributed by atoms with E-state index in [2.05, 4.69) is 4.98 Å². The van der Waals surface area contributed by atoms with Crippen LogP contribution < -0.4 is 0 Å². The number of likely N-dealkylation sites (tertiary alicyclic amines) is 1. The summed E-state index contributed by atoms with van der Waals surface area (Å²) in [6, 6.07) is 5.43. The van der Waals surface area contributed by atoms with Crippen LogP contribution >= 0.6 is 11.6 Å². The Balaban J connectivity index is 1.51. The summed E-state index contributed by atoms with van der Waals surface area (Å²) in [6.45, 7) is 2.91. The van der Waals surface area contributed by atoms with Crippen LogP contribution in [0.5, 0.6) is 0 Å². The van der Waals surface area contributed by atoms with E-state index in [1.165, 1.54) is 17.9 Å². The highest BCUT2D eigenvalue weighted by Crippen LogP contribution is 2.26. The number of amides is 1. The normalized spacial score (nSPS) is 18.0. The molecule has 0 spiro atoms. The van der Waals surface area contributed by atoms with E-state index in [-0.39, 0.29) is 48.9 Å². The summed E-state index contributed by atoms with van der Waals surface area (Å²) in [5.74, 6) is -1.48. The molecule has 34 heavy (non-hydrogen) atoms. The number of hydrogen-bond donors (Lipinski definition) is 0. The fourth-order valence-corrected chi connectivity index (χ4v) is 4.67. The van der Waals surface area contributed by atoms with Gasteiger partial charge in [-0.15, -0.1) is 0 Å².